The van der Waals surface area contributed by atoms with E-state index in [9.17, 15) is 0 Å². The number of nitrogens with one attached hydrogen (secondary N) is 1. The number of rotatable bonds is 2. The van der Waals surface area contributed by atoms with Gasteiger partial charge in [0.2, 0.25) is 0 Å². The summed E-state index contributed by atoms with van der Waals surface area (Å²) in [6.07, 6.45) is 10.0. The van der Waals surface area contributed by atoms with Gasteiger partial charge in [-0.3, -0.25) is 0 Å². The summed E-state index contributed by atoms with van der Waals surface area (Å²) >= 11 is 5.92. The number of hydrogen-bond acceptors (Lipinski definition) is 1. The van der Waals surface area contributed by atoms with Gasteiger partial charge < -0.3 is 5.32 Å². The van der Waals surface area contributed by atoms with Crippen molar-refractivity contribution < 1.29 is 0 Å². The van der Waals surface area contributed by atoms with Crippen LogP contribution in [0, 0.1) is 11.8 Å². The van der Waals surface area contributed by atoms with E-state index in [-0.39, 0.29) is 0 Å². The normalized spacial score (nSPS) is 31.7. The quantitative estimate of drug-likeness (QED) is 0.782. The van der Waals surface area contributed by atoms with E-state index in [1.54, 1.807) is 0 Å². The average Bonchev–Trinajstić information content (AvgIpc) is 2.41. The molecule has 2 fully saturated rings. The Hall–Kier alpha value is -0.690. The summed E-state index contributed by atoms with van der Waals surface area (Å²) in [5.41, 5.74) is 1.22. The third-order valence-electron chi connectivity index (χ3n) is 4.75. The predicted octanol–water partition coefficient (Wildman–Crippen LogP) is 5.11. The molecule has 3 atom stereocenters. The zero-order valence-electron chi connectivity index (χ0n) is 10.9. The second kappa shape index (κ2) is 5.52. The fraction of sp³-hybridized carbons (Fsp3) is 0.625. The predicted molar refractivity (Wildman–Crippen MR) is 78.2 cm³/mol. The van der Waals surface area contributed by atoms with Crippen molar-refractivity contribution in [1.82, 2.24) is 0 Å². The number of fused-ring (bicyclic) bond motifs is 1. The van der Waals surface area contributed by atoms with Crippen LogP contribution in [-0.2, 0) is 0 Å². The molecule has 0 aromatic heterocycles. The molecule has 2 aliphatic rings. The summed E-state index contributed by atoms with van der Waals surface area (Å²) < 4.78 is 0. The molecule has 0 bridgehead atoms. The van der Waals surface area contributed by atoms with E-state index in [1.165, 1.54) is 50.6 Å². The molecule has 2 heteroatoms. The third-order valence-corrected chi connectivity index (χ3v) is 5.01. The first-order valence-corrected chi connectivity index (χ1v) is 7.71. The number of halogens is 1. The van der Waals surface area contributed by atoms with Crippen LogP contribution in [0.4, 0.5) is 5.69 Å². The molecule has 18 heavy (non-hydrogen) atoms. The summed E-state index contributed by atoms with van der Waals surface area (Å²) in [4.78, 5) is 0. The van der Waals surface area contributed by atoms with Gasteiger partial charge in [-0.1, -0.05) is 37.3 Å². The Labute approximate surface area is 115 Å². The zero-order chi connectivity index (χ0) is 12.4. The van der Waals surface area contributed by atoms with Crippen molar-refractivity contribution in [2.75, 3.05) is 5.32 Å². The largest absolute Gasteiger partial charge is 0.382 e. The van der Waals surface area contributed by atoms with Crippen LogP contribution >= 0.6 is 11.6 Å². The van der Waals surface area contributed by atoms with Crippen LogP contribution in [0.25, 0.3) is 0 Å². The van der Waals surface area contributed by atoms with Gasteiger partial charge in [0.25, 0.3) is 0 Å². The lowest BCUT2D eigenvalue weighted by Crippen LogP contribution is -2.34. The van der Waals surface area contributed by atoms with E-state index in [1.807, 2.05) is 12.1 Å². The van der Waals surface area contributed by atoms with E-state index in [2.05, 4.69) is 17.4 Å². The molecular weight excluding hydrogens is 242 g/mol. The molecule has 0 heterocycles. The molecule has 0 amide bonds. The van der Waals surface area contributed by atoms with Crippen LogP contribution in [0.2, 0.25) is 5.02 Å². The lowest BCUT2D eigenvalue weighted by molar-refractivity contribution is 0.162. The lowest BCUT2D eigenvalue weighted by Gasteiger charge is -2.39. The molecule has 1 N–H and O–H groups in total. The van der Waals surface area contributed by atoms with Crippen LogP contribution < -0.4 is 5.32 Å². The molecule has 0 radical (unpaired) electrons. The highest BCUT2D eigenvalue weighted by molar-refractivity contribution is 6.30. The van der Waals surface area contributed by atoms with Crippen LogP contribution in [0.15, 0.2) is 24.3 Å². The summed E-state index contributed by atoms with van der Waals surface area (Å²) in [5, 5.41) is 4.50. The second-order valence-corrected chi connectivity index (χ2v) is 6.40. The van der Waals surface area contributed by atoms with Gasteiger partial charge >= 0.3 is 0 Å². The van der Waals surface area contributed by atoms with Gasteiger partial charge in [-0.05, 0) is 55.4 Å². The molecule has 1 nitrogen and oxygen atoms in total. The lowest BCUT2D eigenvalue weighted by atomic mass is 9.69. The van der Waals surface area contributed by atoms with Crippen molar-refractivity contribution in [3.05, 3.63) is 29.3 Å². The molecule has 2 aliphatic carbocycles. The van der Waals surface area contributed by atoms with E-state index in [0.29, 0.717) is 6.04 Å². The first kappa shape index (κ1) is 12.3. The molecule has 0 saturated heterocycles. The molecule has 1 aromatic rings. The summed E-state index contributed by atoms with van der Waals surface area (Å²) in [6.45, 7) is 0. The minimum absolute atomic E-state index is 0.672. The Bertz CT molecular complexity index is 387. The first-order chi connectivity index (χ1) is 8.81. The van der Waals surface area contributed by atoms with Gasteiger partial charge in [0.15, 0.2) is 0 Å². The van der Waals surface area contributed by atoms with Crippen molar-refractivity contribution in [1.29, 1.82) is 0 Å². The van der Waals surface area contributed by atoms with Gasteiger partial charge in [0, 0.05) is 16.8 Å². The maximum Gasteiger partial charge on any atom is 0.0407 e. The highest BCUT2D eigenvalue weighted by Crippen LogP contribution is 2.41. The SMILES string of the molecule is Clc1ccc(NC2CCC3CCCCC3C2)cc1. The van der Waals surface area contributed by atoms with E-state index in [4.69, 9.17) is 11.6 Å². The van der Waals surface area contributed by atoms with E-state index in [0.717, 1.165) is 16.9 Å². The smallest absolute Gasteiger partial charge is 0.0407 e. The molecule has 2 saturated carbocycles. The fourth-order valence-electron chi connectivity index (χ4n) is 3.79. The Balaban J connectivity index is 1.59. The topological polar surface area (TPSA) is 12.0 Å². The van der Waals surface area contributed by atoms with Crippen LogP contribution in [-0.4, -0.2) is 6.04 Å². The van der Waals surface area contributed by atoms with Crippen molar-refractivity contribution >= 4 is 17.3 Å². The Morgan fingerprint density at radius 3 is 2.39 bits per heavy atom. The molecule has 1 aromatic carbocycles. The van der Waals surface area contributed by atoms with Gasteiger partial charge in [-0.25, -0.2) is 0 Å². The standard InChI is InChI=1S/C16H22ClN/c17-14-6-9-15(10-7-14)18-16-8-5-12-3-1-2-4-13(12)11-16/h6-7,9-10,12-13,16,18H,1-5,8,11H2. The minimum Gasteiger partial charge on any atom is -0.382 e. The van der Waals surface area contributed by atoms with Crippen molar-refractivity contribution in [2.45, 2.75) is 51.0 Å². The van der Waals surface area contributed by atoms with Crippen molar-refractivity contribution in [2.24, 2.45) is 11.8 Å². The number of anilines is 1. The van der Waals surface area contributed by atoms with Gasteiger partial charge in [-0.15, -0.1) is 0 Å². The minimum atomic E-state index is 0.672. The Morgan fingerprint density at radius 2 is 1.61 bits per heavy atom. The third kappa shape index (κ3) is 2.83. The first-order valence-electron chi connectivity index (χ1n) is 7.33. The Morgan fingerprint density at radius 1 is 0.889 bits per heavy atom. The van der Waals surface area contributed by atoms with E-state index < -0.39 is 0 Å². The second-order valence-electron chi connectivity index (χ2n) is 5.97. The molecule has 0 spiro atoms. The molecule has 98 valence electrons. The molecule has 0 aliphatic heterocycles. The average molecular weight is 264 g/mol. The van der Waals surface area contributed by atoms with Crippen LogP contribution in [0.5, 0.6) is 0 Å². The van der Waals surface area contributed by atoms with Gasteiger partial charge in [-0.2, -0.15) is 0 Å². The molecule has 3 unspecified atom stereocenters. The summed E-state index contributed by atoms with van der Waals surface area (Å²) in [7, 11) is 0. The van der Waals surface area contributed by atoms with Gasteiger partial charge in [0.05, 0.1) is 0 Å². The highest BCUT2D eigenvalue weighted by atomic mass is 35.5. The zero-order valence-corrected chi connectivity index (χ0v) is 11.6. The van der Waals surface area contributed by atoms with Gasteiger partial charge in [0.1, 0.15) is 0 Å². The number of benzene rings is 1. The number of hydrogen-bond donors (Lipinski definition) is 1. The monoisotopic (exact) mass is 263 g/mol. The summed E-state index contributed by atoms with van der Waals surface area (Å²) in [5.74, 6) is 2.01. The Kier molecular flexibility index (Phi) is 3.79. The molecule has 3 rings (SSSR count). The van der Waals surface area contributed by atoms with Crippen LogP contribution in [0.1, 0.15) is 44.9 Å². The maximum atomic E-state index is 5.92. The summed E-state index contributed by atoms with van der Waals surface area (Å²) in [6, 6.07) is 8.79. The van der Waals surface area contributed by atoms with E-state index >= 15 is 0 Å². The molecular formula is C16H22ClN. The van der Waals surface area contributed by atoms with Crippen molar-refractivity contribution in [3.8, 4) is 0 Å². The maximum absolute atomic E-state index is 5.92. The highest BCUT2D eigenvalue weighted by Gasteiger charge is 2.31. The fourth-order valence-corrected chi connectivity index (χ4v) is 3.91. The van der Waals surface area contributed by atoms with Crippen LogP contribution in [0.3, 0.4) is 0 Å². The van der Waals surface area contributed by atoms with Crippen molar-refractivity contribution in [3.63, 3.8) is 0 Å².